The number of carbonyl (C=O) groups excluding carboxylic acids is 4. The molecule has 1 saturated heterocycles. The smallest absolute Gasteiger partial charge is 0.409 e. The number of unbranched alkanes of at least 4 members (excludes halogenated alkanes) is 1. The molecule has 1 aliphatic heterocycles. The Kier molecular flexibility index (Phi) is 8.25. The van der Waals surface area contributed by atoms with Crippen LogP contribution in [0.3, 0.4) is 0 Å². The third kappa shape index (κ3) is 5.87. The molecule has 2 fully saturated rings. The normalized spacial score (nSPS) is 21.6. The number of amides is 5. The Morgan fingerprint density at radius 1 is 1.06 bits per heavy atom. The molecule has 0 N–H and O–H groups in total. The van der Waals surface area contributed by atoms with Crippen molar-refractivity contribution >= 4 is 23.9 Å². The van der Waals surface area contributed by atoms with E-state index < -0.39 is 17.8 Å². The van der Waals surface area contributed by atoms with Crippen molar-refractivity contribution in [1.82, 2.24) is 14.7 Å². The van der Waals surface area contributed by atoms with Gasteiger partial charge in [-0.15, -0.1) is 0 Å². The lowest BCUT2D eigenvalue weighted by Gasteiger charge is -2.40. The first-order valence-electron chi connectivity index (χ1n) is 11.5. The molecular formula is C24H33N3O5. The second-order valence-corrected chi connectivity index (χ2v) is 8.72. The maximum atomic E-state index is 12.8. The highest BCUT2D eigenvalue weighted by atomic mass is 16.6. The van der Waals surface area contributed by atoms with E-state index in [9.17, 15) is 19.2 Å². The van der Waals surface area contributed by atoms with Crippen molar-refractivity contribution in [3.8, 4) is 0 Å². The number of ether oxygens (including phenoxy) is 1. The fraction of sp³-hybridized carbons (Fsp3) is 0.583. The summed E-state index contributed by atoms with van der Waals surface area (Å²) in [5.74, 6) is -0.500. The van der Waals surface area contributed by atoms with Crippen LogP contribution in [0.2, 0.25) is 0 Å². The van der Waals surface area contributed by atoms with Crippen LogP contribution < -0.4 is 0 Å². The maximum Gasteiger partial charge on any atom is 0.409 e. The van der Waals surface area contributed by atoms with E-state index in [0.717, 1.165) is 31.2 Å². The van der Waals surface area contributed by atoms with Gasteiger partial charge in [0.05, 0.1) is 0 Å². The van der Waals surface area contributed by atoms with Crippen LogP contribution in [0.5, 0.6) is 0 Å². The summed E-state index contributed by atoms with van der Waals surface area (Å²) >= 11 is 0. The van der Waals surface area contributed by atoms with Crippen LogP contribution in [0.25, 0.3) is 0 Å². The van der Waals surface area contributed by atoms with Crippen LogP contribution in [-0.2, 0) is 20.9 Å². The maximum absolute atomic E-state index is 12.8. The minimum atomic E-state index is -0.468. The predicted octanol–water partition coefficient (Wildman–Crippen LogP) is 3.79. The lowest BCUT2D eigenvalue weighted by Crippen LogP contribution is -2.59. The Morgan fingerprint density at radius 2 is 1.75 bits per heavy atom. The summed E-state index contributed by atoms with van der Waals surface area (Å²) in [4.78, 5) is 53.9. The Bertz CT molecular complexity index is 820. The van der Waals surface area contributed by atoms with Gasteiger partial charge in [-0.3, -0.25) is 19.4 Å². The number of hydrogen-bond donors (Lipinski definition) is 0. The highest BCUT2D eigenvalue weighted by Crippen LogP contribution is 2.30. The summed E-state index contributed by atoms with van der Waals surface area (Å²) in [6, 6.07) is 8.90. The summed E-state index contributed by atoms with van der Waals surface area (Å²) in [6.45, 7) is 3.17. The zero-order valence-electron chi connectivity index (χ0n) is 19.0. The number of carbonyl (C=O) groups is 4. The van der Waals surface area contributed by atoms with Crippen molar-refractivity contribution < 1.29 is 23.9 Å². The fourth-order valence-corrected chi connectivity index (χ4v) is 4.43. The zero-order chi connectivity index (χ0) is 23.1. The SMILES string of the molecule is CCCCN1C(=O)CC(=O)N(C2CCC(CN(C)C(=O)OCc3ccccc3)CC2)C1=O. The first-order valence-corrected chi connectivity index (χ1v) is 11.5. The van der Waals surface area contributed by atoms with E-state index in [1.54, 1.807) is 11.9 Å². The number of benzene rings is 1. The number of nitrogens with zero attached hydrogens (tertiary/aromatic N) is 3. The molecule has 0 atom stereocenters. The zero-order valence-corrected chi connectivity index (χ0v) is 19.0. The summed E-state index contributed by atoms with van der Waals surface area (Å²) < 4.78 is 5.38. The van der Waals surface area contributed by atoms with E-state index in [1.165, 1.54) is 9.80 Å². The molecular weight excluding hydrogens is 410 g/mol. The molecule has 0 spiro atoms. The molecule has 2 aliphatic rings. The standard InChI is InChI=1S/C24H33N3O5/c1-3-4-14-26-21(28)15-22(29)27(23(26)30)20-12-10-18(11-13-20)16-25(2)24(31)32-17-19-8-6-5-7-9-19/h5-9,18,20H,3-4,10-17H2,1-2H3. The largest absolute Gasteiger partial charge is 0.445 e. The number of barbiturate groups is 1. The third-order valence-electron chi connectivity index (χ3n) is 6.27. The van der Waals surface area contributed by atoms with Gasteiger partial charge in [0.25, 0.3) is 0 Å². The molecule has 0 aromatic heterocycles. The van der Waals surface area contributed by atoms with Gasteiger partial charge in [0.2, 0.25) is 11.8 Å². The highest BCUT2D eigenvalue weighted by Gasteiger charge is 2.42. The van der Waals surface area contributed by atoms with E-state index in [2.05, 4.69) is 0 Å². The molecule has 1 aromatic rings. The summed E-state index contributed by atoms with van der Waals surface area (Å²) in [5.41, 5.74) is 0.942. The molecule has 0 unspecified atom stereocenters. The van der Waals surface area contributed by atoms with Crippen molar-refractivity contribution in [3.63, 3.8) is 0 Å². The monoisotopic (exact) mass is 443 g/mol. The molecule has 0 radical (unpaired) electrons. The summed E-state index contributed by atoms with van der Waals surface area (Å²) in [6.07, 6.45) is 4.00. The van der Waals surface area contributed by atoms with Crippen LogP contribution in [0.15, 0.2) is 30.3 Å². The Labute approximate surface area is 189 Å². The Hall–Kier alpha value is -2.90. The third-order valence-corrected chi connectivity index (χ3v) is 6.27. The van der Waals surface area contributed by atoms with E-state index in [1.807, 2.05) is 37.3 Å². The van der Waals surface area contributed by atoms with Crippen molar-refractivity contribution in [2.45, 2.75) is 64.5 Å². The van der Waals surface area contributed by atoms with Crippen LogP contribution in [-0.4, -0.2) is 64.8 Å². The van der Waals surface area contributed by atoms with Gasteiger partial charge in [-0.25, -0.2) is 9.59 Å². The summed E-state index contributed by atoms with van der Waals surface area (Å²) in [5, 5.41) is 0. The van der Waals surface area contributed by atoms with Crippen molar-refractivity contribution in [2.24, 2.45) is 5.92 Å². The number of rotatable bonds is 8. The highest BCUT2D eigenvalue weighted by molar-refractivity contribution is 6.14. The van der Waals surface area contributed by atoms with Gasteiger partial charge in [-0.2, -0.15) is 0 Å². The van der Waals surface area contributed by atoms with E-state index >= 15 is 0 Å². The first kappa shape index (κ1) is 23.8. The van der Waals surface area contributed by atoms with Crippen LogP contribution in [0.1, 0.15) is 57.4 Å². The lowest BCUT2D eigenvalue weighted by molar-refractivity contribution is -0.144. The molecule has 174 valence electrons. The molecule has 1 heterocycles. The molecule has 1 aliphatic carbocycles. The average molecular weight is 444 g/mol. The number of hydrogen-bond acceptors (Lipinski definition) is 5. The molecule has 8 nitrogen and oxygen atoms in total. The summed E-state index contributed by atoms with van der Waals surface area (Å²) in [7, 11) is 1.73. The quantitative estimate of drug-likeness (QED) is 0.571. The molecule has 0 bridgehead atoms. The minimum Gasteiger partial charge on any atom is -0.445 e. The van der Waals surface area contributed by atoms with Gasteiger partial charge in [-0.05, 0) is 43.6 Å². The second-order valence-electron chi connectivity index (χ2n) is 8.72. The Balaban J connectivity index is 1.47. The second kappa shape index (κ2) is 11.1. The Morgan fingerprint density at radius 3 is 2.41 bits per heavy atom. The van der Waals surface area contributed by atoms with E-state index in [4.69, 9.17) is 4.74 Å². The molecule has 1 aromatic carbocycles. The van der Waals surface area contributed by atoms with Crippen LogP contribution in [0.4, 0.5) is 9.59 Å². The van der Waals surface area contributed by atoms with E-state index in [-0.39, 0.29) is 31.1 Å². The van der Waals surface area contributed by atoms with Gasteiger partial charge >= 0.3 is 12.1 Å². The lowest BCUT2D eigenvalue weighted by atomic mass is 9.84. The predicted molar refractivity (Wildman–Crippen MR) is 118 cm³/mol. The molecule has 5 amide bonds. The molecule has 3 rings (SSSR count). The molecule has 32 heavy (non-hydrogen) atoms. The van der Waals surface area contributed by atoms with Gasteiger partial charge in [-0.1, -0.05) is 43.7 Å². The number of imide groups is 2. The van der Waals surface area contributed by atoms with Crippen LogP contribution >= 0.6 is 0 Å². The van der Waals surface area contributed by atoms with Crippen LogP contribution in [0, 0.1) is 5.92 Å². The average Bonchev–Trinajstić information content (AvgIpc) is 2.79. The van der Waals surface area contributed by atoms with Crippen molar-refractivity contribution in [2.75, 3.05) is 20.1 Å². The molecule has 1 saturated carbocycles. The van der Waals surface area contributed by atoms with E-state index in [0.29, 0.717) is 25.9 Å². The van der Waals surface area contributed by atoms with Crippen molar-refractivity contribution in [3.05, 3.63) is 35.9 Å². The molecule has 8 heteroatoms. The van der Waals surface area contributed by atoms with Gasteiger partial charge < -0.3 is 9.64 Å². The first-order chi connectivity index (χ1) is 15.4. The van der Waals surface area contributed by atoms with Gasteiger partial charge in [0, 0.05) is 26.2 Å². The van der Waals surface area contributed by atoms with Gasteiger partial charge in [0.15, 0.2) is 0 Å². The fourth-order valence-electron chi connectivity index (χ4n) is 4.43. The van der Waals surface area contributed by atoms with Gasteiger partial charge in [0.1, 0.15) is 13.0 Å². The van der Waals surface area contributed by atoms with Crippen molar-refractivity contribution in [1.29, 1.82) is 0 Å². The minimum absolute atomic E-state index is 0.182. The topological polar surface area (TPSA) is 87.2 Å². The number of urea groups is 1.